The maximum Gasteiger partial charge on any atom is 0.295 e. The fraction of sp³-hybridized carbons (Fsp3) is 0.269. The molecule has 0 radical (unpaired) electrons. The van der Waals surface area contributed by atoms with Crippen molar-refractivity contribution in [2.75, 3.05) is 6.54 Å². The average molecular weight is 464 g/mol. The Hall–Kier alpha value is -3.94. The Bertz CT molecular complexity index is 1200. The number of halogens is 1. The summed E-state index contributed by atoms with van der Waals surface area (Å²) < 4.78 is 22.3. The molecule has 176 valence electrons. The third kappa shape index (κ3) is 4.71. The number of hydrogen-bond acceptors (Lipinski definition) is 5. The van der Waals surface area contributed by atoms with Crippen LogP contribution in [0.1, 0.15) is 37.4 Å². The van der Waals surface area contributed by atoms with Crippen LogP contribution in [-0.4, -0.2) is 43.9 Å². The van der Waals surface area contributed by atoms with E-state index in [2.05, 4.69) is 4.98 Å². The van der Waals surface area contributed by atoms with E-state index in [0.29, 0.717) is 24.3 Å². The van der Waals surface area contributed by atoms with Crippen LogP contribution in [0.5, 0.6) is 5.75 Å². The van der Waals surface area contributed by atoms with Crippen molar-refractivity contribution in [3.05, 3.63) is 89.8 Å². The van der Waals surface area contributed by atoms with Gasteiger partial charge in [-0.15, -0.1) is 0 Å². The first-order chi connectivity index (χ1) is 16.4. The molecule has 0 spiro atoms. The van der Waals surface area contributed by atoms with Crippen LogP contribution >= 0.6 is 0 Å². The Morgan fingerprint density at radius 3 is 2.50 bits per heavy atom. The van der Waals surface area contributed by atoms with Crippen molar-refractivity contribution in [2.24, 2.45) is 0 Å². The van der Waals surface area contributed by atoms with E-state index < -0.39 is 23.5 Å². The first kappa shape index (κ1) is 23.2. The summed E-state index contributed by atoms with van der Waals surface area (Å²) in [6.07, 6.45) is 5.62. The molecule has 0 aliphatic carbocycles. The van der Waals surface area contributed by atoms with E-state index in [1.54, 1.807) is 49.1 Å². The van der Waals surface area contributed by atoms with Crippen molar-refractivity contribution >= 4 is 17.4 Å². The number of amides is 1. The number of likely N-dealkylation sites (tertiary alicyclic amines) is 1. The summed E-state index contributed by atoms with van der Waals surface area (Å²) >= 11 is 0. The van der Waals surface area contributed by atoms with Gasteiger partial charge in [-0.3, -0.25) is 9.59 Å². The predicted molar refractivity (Wildman–Crippen MR) is 124 cm³/mol. The van der Waals surface area contributed by atoms with Gasteiger partial charge in [0.15, 0.2) is 0 Å². The van der Waals surface area contributed by atoms with E-state index in [4.69, 9.17) is 4.74 Å². The van der Waals surface area contributed by atoms with Crippen LogP contribution in [0, 0.1) is 5.82 Å². The van der Waals surface area contributed by atoms with Gasteiger partial charge in [0.2, 0.25) is 0 Å². The van der Waals surface area contributed by atoms with Gasteiger partial charge in [-0.25, -0.2) is 9.37 Å². The Labute approximate surface area is 197 Å². The number of aryl methyl sites for hydroxylation is 1. The highest BCUT2D eigenvalue weighted by Gasteiger charge is 2.46. The number of benzene rings is 2. The quantitative estimate of drug-likeness (QED) is 0.306. The summed E-state index contributed by atoms with van der Waals surface area (Å²) in [4.78, 5) is 31.4. The molecule has 1 amide bonds. The van der Waals surface area contributed by atoms with Crippen molar-refractivity contribution in [3.63, 3.8) is 0 Å². The van der Waals surface area contributed by atoms with Gasteiger partial charge >= 0.3 is 0 Å². The number of nitrogens with zero attached hydrogens (tertiary/aromatic N) is 3. The maximum atomic E-state index is 14.8. The van der Waals surface area contributed by atoms with Gasteiger partial charge in [-0.2, -0.15) is 0 Å². The van der Waals surface area contributed by atoms with Crippen LogP contribution in [-0.2, 0) is 16.1 Å². The van der Waals surface area contributed by atoms with Gasteiger partial charge in [0.05, 0.1) is 24.0 Å². The second kappa shape index (κ2) is 9.91. The Morgan fingerprint density at radius 1 is 1.12 bits per heavy atom. The van der Waals surface area contributed by atoms with Crippen molar-refractivity contribution in [2.45, 2.75) is 39.0 Å². The van der Waals surface area contributed by atoms with E-state index in [1.165, 1.54) is 23.1 Å². The smallest absolute Gasteiger partial charge is 0.295 e. The molecule has 0 unspecified atom stereocenters. The van der Waals surface area contributed by atoms with Gasteiger partial charge in [0.1, 0.15) is 17.3 Å². The van der Waals surface area contributed by atoms with Crippen LogP contribution in [0.3, 0.4) is 0 Å². The molecule has 1 atom stereocenters. The van der Waals surface area contributed by atoms with Crippen molar-refractivity contribution < 1.29 is 23.8 Å². The van der Waals surface area contributed by atoms with E-state index in [9.17, 15) is 19.1 Å². The molecule has 34 heavy (non-hydrogen) atoms. The zero-order valence-electron chi connectivity index (χ0n) is 19.0. The van der Waals surface area contributed by atoms with Crippen molar-refractivity contribution in [1.29, 1.82) is 0 Å². The van der Waals surface area contributed by atoms with Crippen LogP contribution in [0.2, 0.25) is 0 Å². The molecule has 3 aromatic rings. The minimum Gasteiger partial charge on any atom is -0.507 e. The van der Waals surface area contributed by atoms with Gasteiger partial charge in [-0.05, 0) is 50.6 Å². The summed E-state index contributed by atoms with van der Waals surface area (Å²) in [5.41, 5.74) is 0.370. The fourth-order valence-corrected chi connectivity index (χ4v) is 4.09. The van der Waals surface area contributed by atoms with Crippen LogP contribution < -0.4 is 4.74 Å². The number of carbonyl (C=O) groups is 2. The Balaban J connectivity index is 1.71. The number of carbonyl (C=O) groups excluding carboxylic acids is 2. The number of Topliss-reactive ketones (excluding diaryl/α,β-unsaturated/α-hetero) is 1. The van der Waals surface area contributed by atoms with E-state index in [-0.39, 0.29) is 29.5 Å². The molecular weight excluding hydrogens is 437 g/mol. The number of aliphatic hydroxyl groups is 1. The molecule has 2 aromatic carbocycles. The lowest BCUT2D eigenvalue weighted by Crippen LogP contribution is -2.31. The minimum absolute atomic E-state index is 0.0202. The molecule has 7 nitrogen and oxygen atoms in total. The maximum absolute atomic E-state index is 14.8. The molecule has 8 heteroatoms. The SMILES string of the molecule is CC(C)Oc1ccc(C(O)=C2C(=O)C(=O)N(CCCn3ccnc3)[C@@H]2c2ccccc2F)cc1. The fourth-order valence-electron chi connectivity index (χ4n) is 4.09. The summed E-state index contributed by atoms with van der Waals surface area (Å²) in [6, 6.07) is 11.5. The third-order valence-corrected chi connectivity index (χ3v) is 5.61. The monoisotopic (exact) mass is 463 g/mol. The lowest BCUT2D eigenvalue weighted by molar-refractivity contribution is -0.140. The third-order valence-electron chi connectivity index (χ3n) is 5.61. The van der Waals surface area contributed by atoms with Gasteiger partial charge in [0.25, 0.3) is 11.7 Å². The van der Waals surface area contributed by atoms with Gasteiger partial charge in [-0.1, -0.05) is 18.2 Å². The number of imidazole rings is 1. The second-order valence-electron chi connectivity index (χ2n) is 8.36. The highest BCUT2D eigenvalue weighted by atomic mass is 19.1. The normalized spacial score (nSPS) is 17.5. The number of aromatic nitrogens is 2. The molecule has 4 rings (SSSR count). The molecule has 1 saturated heterocycles. The van der Waals surface area contributed by atoms with Gasteiger partial charge in [0, 0.05) is 36.6 Å². The predicted octanol–water partition coefficient (Wildman–Crippen LogP) is 4.32. The number of rotatable bonds is 8. The summed E-state index contributed by atoms with van der Waals surface area (Å²) in [7, 11) is 0. The molecule has 1 N–H and O–H groups in total. The average Bonchev–Trinajstić information content (AvgIpc) is 3.41. The summed E-state index contributed by atoms with van der Waals surface area (Å²) in [5, 5.41) is 11.1. The number of aliphatic hydroxyl groups excluding tert-OH is 1. The summed E-state index contributed by atoms with van der Waals surface area (Å²) in [5.74, 6) is -1.89. The Morgan fingerprint density at radius 2 is 1.85 bits per heavy atom. The number of ether oxygens (including phenoxy) is 1. The van der Waals surface area contributed by atoms with Gasteiger partial charge < -0.3 is 19.3 Å². The first-order valence-electron chi connectivity index (χ1n) is 11.1. The Kier molecular flexibility index (Phi) is 6.77. The standard InChI is InChI=1S/C26H26FN3O4/c1-17(2)34-19-10-8-18(9-11-19)24(31)22-23(20-6-3-4-7-21(20)27)30(26(33)25(22)32)14-5-13-29-15-12-28-16-29/h3-4,6-12,15-17,23,31H,5,13-14H2,1-2H3/t23-/m1/s1. The molecule has 1 aliphatic heterocycles. The van der Waals surface area contributed by atoms with E-state index in [0.717, 1.165) is 0 Å². The second-order valence-corrected chi connectivity index (χ2v) is 8.36. The summed E-state index contributed by atoms with van der Waals surface area (Å²) in [6.45, 7) is 4.58. The lowest BCUT2D eigenvalue weighted by atomic mass is 9.95. The molecular formula is C26H26FN3O4. The molecule has 0 bridgehead atoms. The van der Waals surface area contributed by atoms with E-state index >= 15 is 0 Å². The van der Waals surface area contributed by atoms with Crippen molar-refractivity contribution in [3.8, 4) is 5.75 Å². The van der Waals surface area contributed by atoms with Crippen molar-refractivity contribution in [1.82, 2.24) is 14.5 Å². The lowest BCUT2D eigenvalue weighted by Gasteiger charge is -2.25. The van der Waals surface area contributed by atoms with Crippen LogP contribution in [0.25, 0.3) is 5.76 Å². The highest BCUT2D eigenvalue weighted by Crippen LogP contribution is 2.40. The zero-order chi connectivity index (χ0) is 24.2. The largest absolute Gasteiger partial charge is 0.507 e. The first-order valence-corrected chi connectivity index (χ1v) is 11.1. The molecule has 2 heterocycles. The molecule has 1 aliphatic rings. The van der Waals surface area contributed by atoms with Crippen LogP contribution in [0.15, 0.2) is 72.8 Å². The molecule has 1 fully saturated rings. The number of hydrogen-bond donors (Lipinski definition) is 1. The molecule has 0 saturated carbocycles. The topological polar surface area (TPSA) is 84.7 Å². The van der Waals surface area contributed by atoms with Crippen LogP contribution in [0.4, 0.5) is 4.39 Å². The molecule has 1 aromatic heterocycles. The van der Waals surface area contributed by atoms with E-state index in [1.807, 2.05) is 18.4 Å². The highest BCUT2D eigenvalue weighted by molar-refractivity contribution is 6.46. The zero-order valence-corrected chi connectivity index (χ0v) is 19.0. The minimum atomic E-state index is -1.03. The number of ketones is 1.